The van der Waals surface area contributed by atoms with Gasteiger partial charge in [0.25, 0.3) is 0 Å². The van der Waals surface area contributed by atoms with Gasteiger partial charge < -0.3 is 5.32 Å². The van der Waals surface area contributed by atoms with Crippen LogP contribution in [0, 0.1) is 0 Å². The average molecular weight is 279 g/mol. The van der Waals surface area contributed by atoms with Gasteiger partial charge in [-0.2, -0.15) is 0 Å². The van der Waals surface area contributed by atoms with Crippen LogP contribution < -0.4 is 5.32 Å². The van der Waals surface area contributed by atoms with Crippen LogP contribution >= 0.6 is 0 Å². The van der Waals surface area contributed by atoms with Crippen LogP contribution in [0.25, 0.3) is 11.1 Å². The van der Waals surface area contributed by atoms with Gasteiger partial charge >= 0.3 is 0 Å². The zero-order valence-electron chi connectivity index (χ0n) is 12.7. The van der Waals surface area contributed by atoms with Crippen LogP contribution in [0.5, 0.6) is 0 Å². The zero-order valence-corrected chi connectivity index (χ0v) is 12.7. The number of nitrogens with one attached hydrogen (secondary N) is 1. The molecule has 0 unspecified atom stereocenters. The Bertz CT molecular complexity index is 522. The first-order valence-electron chi connectivity index (χ1n) is 8.34. The molecule has 110 valence electrons. The maximum Gasteiger partial charge on any atom is 0.0342 e. The topological polar surface area (TPSA) is 12.0 Å². The van der Waals surface area contributed by atoms with E-state index in [4.69, 9.17) is 0 Å². The highest BCUT2D eigenvalue weighted by atomic mass is 14.9. The minimum Gasteiger partial charge on any atom is -0.382 e. The van der Waals surface area contributed by atoms with E-state index in [1.54, 1.807) is 0 Å². The molecule has 1 fully saturated rings. The molecule has 0 radical (unpaired) electrons. The largest absolute Gasteiger partial charge is 0.382 e. The minimum atomic E-state index is 0.660. The minimum absolute atomic E-state index is 0.660. The van der Waals surface area contributed by atoms with E-state index in [-0.39, 0.29) is 0 Å². The molecule has 0 saturated heterocycles. The van der Waals surface area contributed by atoms with Crippen molar-refractivity contribution < 1.29 is 0 Å². The maximum atomic E-state index is 3.73. The van der Waals surface area contributed by atoms with Gasteiger partial charge in [0.05, 0.1) is 0 Å². The van der Waals surface area contributed by atoms with E-state index < -0.39 is 0 Å². The number of benzene rings is 2. The van der Waals surface area contributed by atoms with Crippen LogP contribution in [-0.4, -0.2) is 6.04 Å². The number of anilines is 1. The lowest BCUT2D eigenvalue weighted by Crippen LogP contribution is -2.20. The van der Waals surface area contributed by atoms with E-state index in [2.05, 4.69) is 59.9 Å². The molecular weight excluding hydrogens is 254 g/mol. The molecule has 0 amide bonds. The molecule has 1 nitrogen and oxygen atoms in total. The number of hydrogen-bond donors (Lipinski definition) is 1. The molecule has 2 aromatic rings. The molecule has 1 N–H and O–H groups in total. The summed E-state index contributed by atoms with van der Waals surface area (Å²) in [5, 5.41) is 3.73. The van der Waals surface area contributed by atoms with Crippen molar-refractivity contribution in [1.29, 1.82) is 0 Å². The van der Waals surface area contributed by atoms with E-state index in [1.165, 1.54) is 61.8 Å². The standard InChI is InChI=1S/C20H25N/c1-2-7-11-19(12-8-3-1)21-20-15-13-18(14-16-20)17-9-5-4-6-10-17/h4-6,9-10,13-16,19,21H,1-3,7-8,11-12H2. The van der Waals surface area contributed by atoms with Crippen molar-refractivity contribution in [3.05, 3.63) is 54.6 Å². The summed E-state index contributed by atoms with van der Waals surface area (Å²) in [4.78, 5) is 0. The lowest BCUT2D eigenvalue weighted by molar-refractivity contribution is 0.471. The number of rotatable bonds is 3. The zero-order chi connectivity index (χ0) is 14.3. The second kappa shape index (κ2) is 7.31. The fourth-order valence-corrected chi connectivity index (χ4v) is 3.23. The quantitative estimate of drug-likeness (QED) is 0.740. The third kappa shape index (κ3) is 4.10. The van der Waals surface area contributed by atoms with Crippen LogP contribution in [0.2, 0.25) is 0 Å². The second-order valence-corrected chi connectivity index (χ2v) is 6.13. The fraction of sp³-hybridized carbons (Fsp3) is 0.400. The Balaban J connectivity index is 1.64. The lowest BCUT2D eigenvalue weighted by atomic mass is 9.96. The van der Waals surface area contributed by atoms with Crippen molar-refractivity contribution in [2.75, 3.05) is 5.32 Å². The first-order chi connectivity index (χ1) is 10.4. The molecule has 0 atom stereocenters. The van der Waals surface area contributed by atoms with Crippen LogP contribution in [0.15, 0.2) is 54.6 Å². The predicted molar refractivity (Wildman–Crippen MR) is 91.6 cm³/mol. The van der Waals surface area contributed by atoms with E-state index in [0.29, 0.717) is 6.04 Å². The summed E-state index contributed by atoms with van der Waals surface area (Å²) >= 11 is 0. The molecule has 1 aliphatic rings. The van der Waals surface area contributed by atoms with Crippen molar-refractivity contribution in [3.63, 3.8) is 0 Å². The molecule has 0 spiro atoms. The molecule has 0 heterocycles. The second-order valence-electron chi connectivity index (χ2n) is 6.13. The average Bonchev–Trinajstić information content (AvgIpc) is 2.51. The van der Waals surface area contributed by atoms with E-state index in [1.807, 2.05) is 0 Å². The normalized spacial score (nSPS) is 17.0. The molecule has 21 heavy (non-hydrogen) atoms. The Hall–Kier alpha value is -1.76. The van der Waals surface area contributed by atoms with Gasteiger partial charge in [0.15, 0.2) is 0 Å². The van der Waals surface area contributed by atoms with Gasteiger partial charge in [-0.25, -0.2) is 0 Å². The van der Waals surface area contributed by atoms with Gasteiger partial charge in [-0.15, -0.1) is 0 Å². The molecule has 3 rings (SSSR count). The Labute approximate surface area is 128 Å². The molecule has 0 bridgehead atoms. The summed E-state index contributed by atoms with van der Waals surface area (Å²) in [6.07, 6.45) is 9.63. The third-order valence-corrected chi connectivity index (χ3v) is 4.47. The van der Waals surface area contributed by atoms with E-state index in [9.17, 15) is 0 Å². The van der Waals surface area contributed by atoms with Crippen molar-refractivity contribution >= 4 is 5.69 Å². The summed E-state index contributed by atoms with van der Waals surface area (Å²) in [6.45, 7) is 0. The van der Waals surface area contributed by atoms with Crippen LogP contribution in [0.1, 0.15) is 44.9 Å². The van der Waals surface area contributed by atoms with E-state index >= 15 is 0 Å². The Morgan fingerprint density at radius 1 is 0.619 bits per heavy atom. The van der Waals surface area contributed by atoms with Crippen molar-refractivity contribution in [2.45, 2.75) is 51.0 Å². The molecule has 0 aliphatic heterocycles. The third-order valence-electron chi connectivity index (χ3n) is 4.47. The molecule has 1 saturated carbocycles. The highest BCUT2D eigenvalue weighted by molar-refractivity contribution is 5.65. The van der Waals surface area contributed by atoms with Crippen LogP contribution in [0.3, 0.4) is 0 Å². The van der Waals surface area contributed by atoms with Gasteiger partial charge in [0.1, 0.15) is 0 Å². The highest BCUT2D eigenvalue weighted by Gasteiger charge is 2.10. The SMILES string of the molecule is c1ccc(-c2ccc(NC3CCCCCCC3)cc2)cc1. The number of hydrogen-bond acceptors (Lipinski definition) is 1. The van der Waals surface area contributed by atoms with Gasteiger partial charge in [0.2, 0.25) is 0 Å². The molecular formula is C20H25N. The fourth-order valence-electron chi connectivity index (χ4n) is 3.23. The van der Waals surface area contributed by atoms with E-state index in [0.717, 1.165) is 0 Å². The monoisotopic (exact) mass is 279 g/mol. The first-order valence-corrected chi connectivity index (χ1v) is 8.34. The van der Waals surface area contributed by atoms with Crippen molar-refractivity contribution in [3.8, 4) is 11.1 Å². The first kappa shape index (κ1) is 14.2. The Morgan fingerprint density at radius 3 is 1.86 bits per heavy atom. The summed E-state index contributed by atoms with van der Waals surface area (Å²) < 4.78 is 0. The van der Waals surface area contributed by atoms with Crippen molar-refractivity contribution in [1.82, 2.24) is 0 Å². The highest BCUT2D eigenvalue weighted by Crippen LogP contribution is 2.24. The lowest BCUT2D eigenvalue weighted by Gasteiger charge is -2.22. The van der Waals surface area contributed by atoms with Crippen LogP contribution in [-0.2, 0) is 0 Å². The van der Waals surface area contributed by atoms with Gasteiger partial charge in [-0.3, -0.25) is 0 Å². The summed E-state index contributed by atoms with van der Waals surface area (Å²) in [5.74, 6) is 0. The summed E-state index contributed by atoms with van der Waals surface area (Å²) in [5.41, 5.74) is 3.84. The Morgan fingerprint density at radius 2 is 1.19 bits per heavy atom. The molecule has 1 aliphatic carbocycles. The smallest absolute Gasteiger partial charge is 0.0342 e. The maximum absolute atomic E-state index is 3.73. The summed E-state index contributed by atoms with van der Waals surface area (Å²) in [6, 6.07) is 20.1. The van der Waals surface area contributed by atoms with Gasteiger partial charge in [-0.05, 0) is 36.1 Å². The van der Waals surface area contributed by atoms with Crippen molar-refractivity contribution in [2.24, 2.45) is 0 Å². The van der Waals surface area contributed by atoms with Gasteiger partial charge in [-0.1, -0.05) is 74.6 Å². The van der Waals surface area contributed by atoms with Crippen LogP contribution in [0.4, 0.5) is 5.69 Å². The molecule has 0 aromatic heterocycles. The van der Waals surface area contributed by atoms with Gasteiger partial charge in [0, 0.05) is 11.7 Å². The predicted octanol–water partition coefficient (Wildman–Crippen LogP) is 5.88. The molecule has 2 aromatic carbocycles. The molecule has 1 heteroatoms. The summed E-state index contributed by atoms with van der Waals surface area (Å²) in [7, 11) is 0. The Kier molecular flexibility index (Phi) is 4.94.